The molecular weight excluding hydrogens is 400 g/mol. The fraction of sp³-hybridized carbons (Fsp3) is 0.231. The molecule has 32 heavy (non-hydrogen) atoms. The van der Waals surface area contributed by atoms with Gasteiger partial charge in [-0.1, -0.05) is 17.7 Å². The molecule has 0 saturated carbocycles. The first-order chi connectivity index (χ1) is 15.6. The number of nitrogens with zero attached hydrogens (tertiary/aromatic N) is 3. The number of pyridine rings is 2. The van der Waals surface area contributed by atoms with Gasteiger partial charge in [-0.25, -0.2) is 4.98 Å². The molecule has 1 aromatic carbocycles. The summed E-state index contributed by atoms with van der Waals surface area (Å²) in [5.41, 5.74) is 7.86. The van der Waals surface area contributed by atoms with Gasteiger partial charge in [0.15, 0.2) is 0 Å². The second-order valence-corrected chi connectivity index (χ2v) is 8.27. The first kappa shape index (κ1) is 20.3. The number of fused-ring (bicyclic) bond motifs is 1. The molecule has 1 N–H and O–H groups in total. The first-order valence-electron chi connectivity index (χ1n) is 10.9. The Kier molecular flexibility index (Phi) is 5.37. The monoisotopic (exact) mass is 426 g/mol. The number of benzene rings is 1. The van der Waals surface area contributed by atoms with Crippen LogP contribution >= 0.6 is 0 Å². The zero-order chi connectivity index (χ0) is 22.1. The lowest BCUT2D eigenvalue weighted by Crippen LogP contribution is -2.24. The van der Waals surface area contributed by atoms with E-state index in [1.807, 2.05) is 41.1 Å². The number of ether oxygens (including phenoxy) is 1. The summed E-state index contributed by atoms with van der Waals surface area (Å²) in [5, 5.41) is 3.45. The van der Waals surface area contributed by atoms with Crippen molar-refractivity contribution >= 4 is 11.2 Å². The second kappa shape index (κ2) is 8.48. The van der Waals surface area contributed by atoms with Gasteiger partial charge in [0.05, 0.1) is 0 Å². The van der Waals surface area contributed by atoms with E-state index < -0.39 is 0 Å². The lowest BCUT2D eigenvalue weighted by Gasteiger charge is -2.21. The fourth-order valence-corrected chi connectivity index (χ4v) is 4.23. The van der Waals surface area contributed by atoms with Crippen molar-refractivity contribution in [1.82, 2.24) is 19.3 Å². The maximum atomic E-state index is 12.8. The van der Waals surface area contributed by atoms with E-state index in [0.29, 0.717) is 12.4 Å². The van der Waals surface area contributed by atoms with Gasteiger partial charge in [-0.05, 0) is 67.8 Å². The molecule has 0 aliphatic carbocycles. The molecule has 3 aromatic heterocycles. The topological polar surface area (TPSA) is 60.6 Å². The second-order valence-electron chi connectivity index (χ2n) is 8.27. The summed E-state index contributed by atoms with van der Waals surface area (Å²) in [7, 11) is 0. The average Bonchev–Trinajstić information content (AvgIpc) is 3.26. The molecule has 0 bridgehead atoms. The number of imidazole rings is 1. The van der Waals surface area contributed by atoms with E-state index in [2.05, 4.69) is 36.3 Å². The summed E-state index contributed by atoms with van der Waals surface area (Å²) < 4.78 is 9.47. The van der Waals surface area contributed by atoms with Gasteiger partial charge in [0, 0.05) is 48.6 Å². The Morgan fingerprint density at radius 3 is 2.81 bits per heavy atom. The molecule has 162 valence electrons. The average molecular weight is 427 g/mol. The largest absolute Gasteiger partial charge is 0.489 e. The quantitative estimate of drug-likeness (QED) is 0.521. The predicted molar refractivity (Wildman–Crippen MR) is 126 cm³/mol. The molecule has 4 aromatic rings. The lowest BCUT2D eigenvalue weighted by molar-refractivity contribution is 0.304. The van der Waals surface area contributed by atoms with Crippen LogP contribution in [0.25, 0.3) is 16.9 Å². The number of rotatable bonds is 5. The molecule has 0 saturated heterocycles. The van der Waals surface area contributed by atoms with Crippen molar-refractivity contribution in [2.75, 3.05) is 13.1 Å². The maximum Gasteiger partial charge on any atom is 0.258 e. The van der Waals surface area contributed by atoms with Gasteiger partial charge < -0.3 is 14.5 Å². The van der Waals surface area contributed by atoms with Crippen LogP contribution in [-0.2, 0) is 6.61 Å². The van der Waals surface area contributed by atoms with Crippen molar-refractivity contribution in [3.8, 4) is 11.4 Å². The Labute approximate surface area is 186 Å². The van der Waals surface area contributed by atoms with Gasteiger partial charge in [-0.3, -0.25) is 9.36 Å². The van der Waals surface area contributed by atoms with E-state index in [1.54, 1.807) is 17.0 Å². The number of aromatic nitrogens is 3. The van der Waals surface area contributed by atoms with Gasteiger partial charge in [0.2, 0.25) is 0 Å². The van der Waals surface area contributed by atoms with Crippen LogP contribution in [0.3, 0.4) is 0 Å². The van der Waals surface area contributed by atoms with Gasteiger partial charge in [0.1, 0.15) is 18.0 Å². The van der Waals surface area contributed by atoms with E-state index in [4.69, 9.17) is 4.74 Å². The number of nitrogens with one attached hydrogen (secondary N) is 1. The van der Waals surface area contributed by atoms with Crippen molar-refractivity contribution in [3.63, 3.8) is 0 Å². The molecule has 0 spiro atoms. The molecular formula is C26H26N4O2. The third-order valence-corrected chi connectivity index (χ3v) is 6.05. The van der Waals surface area contributed by atoms with Crippen LogP contribution in [0.15, 0.2) is 77.6 Å². The molecule has 0 fully saturated rings. The van der Waals surface area contributed by atoms with Crippen LogP contribution in [-0.4, -0.2) is 27.0 Å². The molecule has 1 aliphatic heterocycles. The highest BCUT2D eigenvalue weighted by atomic mass is 16.5. The summed E-state index contributed by atoms with van der Waals surface area (Å²) in [5.74, 6) is 0.555. The maximum absolute atomic E-state index is 12.8. The van der Waals surface area contributed by atoms with Gasteiger partial charge in [-0.2, -0.15) is 0 Å². The number of aryl methyl sites for hydroxylation is 1. The minimum Gasteiger partial charge on any atom is -0.489 e. The zero-order valence-corrected chi connectivity index (χ0v) is 18.3. The van der Waals surface area contributed by atoms with Crippen LogP contribution in [0.5, 0.6) is 5.75 Å². The molecule has 6 heteroatoms. The molecule has 5 rings (SSSR count). The highest BCUT2D eigenvalue weighted by Gasteiger charge is 2.13. The Balaban J connectivity index is 1.34. The molecule has 0 amide bonds. The van der Waals surface area contributed by atoms with E-state index in [9.17, 15) is 4.79 Å². The number of hydrogen-bond acceptors (Lipinski definition) is 4. The van der Waals surface area contributed by atoms with Crippen molar-refractivity contribution in [2.24, 2.45) is 0 Å². The van der Waals surface area contributed by atoms with Crippen LogP contribution in [0, 0.1) is 6.92 Å². The van der Waals surface area contributed by atoms with Crippen molar-refractivity contribution in [2.45, 2.75) is 26.9 Å². The van der Waals surface area contributed by atoms with Gasteiger partial charge >= 0.3 is 0 Å². The predicted octanol–water partition coefficient (Wildman–Crippen LogP) is 4.14. The Morgan fingerprint density at radius 1 is 1.09 bits per heavy atom. The van der Waals surface area contributed by atoms with Crippen LogP contribution in [0.2, 0.25) is 0 Å². The van der Waals surface area contributed by atoms with Crippen LogP contribution < -0.4 is 15.6 Å². The van der Waals surface area contributed by atoms with Crippen LogP contribution in [0.4, 0.5) is 0 Å². The Bertz CT molecular complexity index is 1380. The summed E-state index contributed by atoms with van der Waals surface area (Å²) >= 11 is 0. The lowest BCUT2D eigenvalue weighted by atomic mass is 9.93. The normalized spacial score (nSPS) is 14.2. The van der Waals surface area contributed by atoms with E-state index >= 15 is 0 Å². The summed E-state index contributed by atoms with van der Waals surface area (Å²) in [6, 6.07) is 13.5. The summed E-state index contributed by atoms with van der Waals surface area (Å²) in [4.78, 5) is 17.0. The molecule has 0 radical (unpaired) electrons. The zero-order valence-electron chi connectivity index (χ0n) is 18.3. The van der Waals surface area contributed by atoms with Crippen molar-refractivity contribution in [3.05, 3.63) is 99.9 Å². The molecule has 6 nitrogen and oxygen atoms in total. The molecule has 1 aliphatic rings. The minimum absolute atomic E-state index is 0.116. The highest BCUT2D eigenvalue weighted by Crippen LogP contribution is 2.27. The van der Waals surface area contributed by atoms with E-state index in [0.717, 1.165) is 36.4 Å². The van der Waals surface area contributed by atoms with E-state index in [-0.39, 0.29) is 5.56 Å². The SMILES string of the molecule is CC1=C(c2ccc(-n3ccc(OCc4ccc5nccn5c4)cc3=O)cc2C)CNCC1. The van der Waals surface area contributed by atoms with Gasteiger partial charge in [-0.15, -0.1) is 0 Å². The van der Waals surface area contributed by atoms with Crippen molar-refractivity contribution < 1.29 is 4.74 Å². The molecule has 0 unspecified atom stereocenters. The standard InChI is InChI=1S/C26H26N4O2/c1-18-7-9-27-15-24(18)23-5-4-21(13-19(23)2)30-11-8-22(14-26(30)31)32-17-20-3-6-25-28-10-12-29(25)16-20/h3-6,8,10-14,16,27H,7,9,15,17H2,1-2H3. The fourth-order valence-electron chi connectivity index (χ4n) is 4.23. The third kappa shape index (κ3) is 3.97. The first-order valence-corrected chi connectivity index (χ1v) is 10.9. The van der Waals surface area contributed by atoms with Crippen LogP contribution in [0.1, 0.15) is 30.0 Å². The minimum atomic E-state index is -0.116. The molecule has 4 heterocycles. The van der Waals surface area contributed by atoms with Crippen molar-refractivity contribution in [1.29, 1.82) is 0 Å². The summed E-state index contributed by atoms with van der Waals surface area (Å²) in [6.45, 7) is 6.63. The smallest absolute Gasteiger partial charge is 0.258 e. The summed E-state index contributed by atoms with van der Waals surface area (Å²) in [6.07, 6.45) is 8.49. The van der Waals surface area contributed by atoms with Gasteiger partial charge in [0.25, 0.3) is 5.56 Å². The van der Waals surface area contributed by atoms with E-state index in [1.165, 1.54) is 28.3 Å². The molecule has 0 atom stereocenters. The number of hydrogen-bond donors (Lipinski definition) is 1. The Hall–Kier alpha value is -3.64. The third-order valence-electron chi connectivity index (χ3n) is 6.05. The highest BCUT2D eigenvalue weighted by molar-refractivity contribution is 5.73. The Morgan fingerprint density at radius 2 is 2.00 bits per heavy atom.